The Morgan fingerprint density at radius 2 is 1.70 bits per heavy atom. The van der Waals surface area contributed by atoms with Crippen LogP contribution in [0.5, 0.6) is 0 Å². The number of ether oxygens (including phenoxy) is 1. The monoisotopic (exact) mass is 547 g/mol. The molecule has 5 rings (SSSR count). The highest BCUT2D eigenvalue weighted by Gasteiger charge is 2.35. The number of carbonyl (C=O) groups excluding carboxylic acids is 1. The second-order valence-electron chi connectivity index (χ2n) is 9.97. The normalized spacial score (nSPS) is 18.8. The van der Waals surface area contributed by atoms with Gasteiger partial charge in [-0.3, -0.25) is 19.1 Å². The molecule has 40 heavy (non-hydrogen) atoms. The van der Waals surface area contributed by atoms with Crippen molar-refractivity contribution in [3.05, 3.63) is 81.1 Å². The lowest BCUT2D eigenvalue weighted by Crippen LogP contribution is -2.36. The predicted molar refractivity (Wildman–Crippen MR) is 151 cm³/mol. The number of carbonyl (C=O) groups is 1. The van der Waals surface area contributed by atoms with Crippen molar-refractivity contribution < 1.29 is 19.7 Å². The molecule has 1 fully saturated rings. The minimum atomic E-state index is -0.931. The summed E-state index contributed by atoms with van der Waals surface area (Å²) in [4.78, 5) is 44.0. The fourth-order valence-electron chi connectivity index (χ4n) is 5.05. The molecule has 1 aliphatic rings. The molecule has 4 aromatic rings. The molecule has 3 heterocycles. The number of aliphatic hydroxyl groups is 2. The van der Waals surface area contributed by atoms with Crippen LogP contribution in [0.15, 0.2) is 64.3 Å². The summed E-state index contributed by atoms with van der Waals surface area (Å²) in [6.45, 7) is 0.851. The Hall–Kier alpha value is -4.06. The lowest BCUT2D eigenvalue weighted by atomic mass is 10.1. The van der Waals surface area contributed by atoms with Crippen LogP contribution >= 0.6 is 0 Å². The lowest BCUT2D eigenvalue weighted by molar-refractivity contribution is -0.120. The van der Waals surface area contributed by atoms with Crippen LogP contribution in [0.2, 0.25) is 0 Å². The summed E-state index contributed by atoms with van der Waals surface area (Å²) in [5.74, 6) is -0.329. The van der Waals surface area contributed by atoms with E-state index in [4.69, 9.17) is 9.72 Å². The summed E-state index contributed by atoms with van der Waals surface area (Å²) in [5, 5.41) is 27.8. The van der Waals surface area contributed by atoms with E-state index in [-0.39, 0.29) is 24.3 Å². The Morgan fingerprint density at radius 3 is 2.38 bits per heavy atom. The zero-order chi connectivity index (χ0) is 28.1. The third-order valence-electron chi connectivity index (χ3n) is 7.15. The Bertz CT molecular complexity index is 1560. The number of anilines is 1. The van der Waals surface area contributed by atoms with Crippen LogP contribution in [0, 0.1) is 0 Å². The second-order valence-corrected chi connectivity index (χ2v) is 9.97. The topological polar surface area (TPSA) is 159 Å². The highest BCUT2D eigenvalue weighted by molar-refractivity contribution is 6.07. The maximum Gasteiger partial charge on any atom is 0.330 e. The molecule has 0 unspecified atom stereocenters. The van der Waals surface area contributed by atoms with Crippen molar-refractivity contribution in [3.63, 3.8) is 0 Å². The highest BCUT2D eigenvalue weighted by Crippen LogP contribution is 2.30. The average molecular weight is 548 g/mol. The minimum Gasteiger partial charge on any atom is -0.394 e. The van der Waals surface area contributed by atoms with E-state index in [1.165, 1.54) is 6.20 Å². The fraction of sp³-hybridized carbons (Fsp3) is 0.379. The molecule has 1 amide bonds. The van der Waals surface area contributed by atoms with Gasteiger partial charge in [-0.1, -0.05) is 36.4 Å². The predicted octanol–water partition coefficient (Wildman–Crippen LogP) is 1.82. The average Bonchev–Trinajstić information content (AvgIpc) is 3.33. The summed E-state index contributed by atoms with van der Waals surface area (Å²) >= 11 is 0. The molecular formula is C29H33N5O6. The number of benzene rings is 2. The van der Waals surface area contributed by atoms with Gasteiger partial charge in [-0.15, -0.1) is 0 Å². The maximum atomic E-state index is 12.5. The number of amides is 1. The number of para-hydroxylation sites is 2. The number of fused-ring (bicyclic) bond motifs is 2. The van der Waals surface area contributed by atoms with Gasteiger partial charge in [-0.2, -0.15) is 0 Å². The summed E-state index contributed by atoms with van der Waals surface area (Å²) in [6.07, 6.45) is 1.18. The molecule has 0 bridgehead atoms. The molecule has 5 N–H and O–H groups in total. The van der Waals surface area contributed by atoms with E-state index in [0.29, 0.717) is 6.54 Å². The van der Waals surface area contributed by atoms with Gasteiger partial charge in [0.1, 0.15) is 12.3 Å². The molecular weight excluding hydrogens is 514 g/mol. The molecule has 2 aromatic heterocycles. The third-order valence-corrected chi connectivity index (χ3v) is 7.15. The van der Waals surface area contributed by atoms with Crippen molar-refractivity contribution in [1.82, 2.24) is 19.9 Å². The van der Waals surface area contributed by atoms with Crippen LogP contribution in [0.4, 0.5) is 5.69 Å². The number of pyridine rings is 1. The number of rotatable bonds is 11. The molecule has 0 saturated carbocycles. The summed E-state index contributed by atoms with van der Waals surface area (Å²) in [5.41, 5.74) is 1.74. The van der Waals surface area contributed by atoms with E-state index in [1.54, 1.807) is 0 Å². The lowest BCUT2D eigenvalue weighted by Gasteiger charge is -2.15. The Morgan fingerprint density at radius 1 is 1.02 bits per heavy atom. The van der Waals surface area contributed by atoms with E-state index in [0.717, 1.165) is 57.9 Å². The van der Waals surface area contributed by atoms with Crippen LogP contribution < -0.4 is 21.9 Å². The zero-order valence-electron chi connectivity index (χ0n) is 22.0. The van der Waals surface area contributed by atoms with Gasteiger partial charge in [0.15, 0.2) is 0 Å². The SMILES string of the molecule is O=C(Cc1cn([C@H]2C[C@H](O)[C@@H](CO)O2)c(=O)[nH]c1=O)NCCCCCNc1c2ccccc2nc2ccccc12. The van der Waals surface area contributed by atoms with Gasteiger partial charge in [0, 0.05) is 42.0 Å². The molecule has 1 aliphatic heterocycles. The van der Waals surface area contributed by atoms with E-state index >= 15 is 0 Å². The first-order valence-electron chi connectivity index (χ1n) is 13.5. The molecule has 3 atom stereocenters. The number of aliphatic hydroxyl groups excluding tert-OH is 2. The Balaban J connectivity index is 1.09. The van der Waals surface area contributed by atoms with Crippen LogP contribution in [-0.4, -0.2) is 62.6 Å². The fourth-order valence-corrected chi connectivity index (χ4v) is 5.05. The van der Waals surface area contributed by atoms with Gasteiger partial charge in [0.05, 0.1) is 35.9 Å². The van der Waals surface area contributed by atoms with Crippen molar-refractivity contribution >= 4 is 33.4 Å². The quantitative estimate of drug-likeness (QED) is 0.141. The first kappa shape index (κ1) is 27.5. The Labute approximate surface area is 229 Å². The third kappa shape index (κ3) is 6.06. The van der Waals surface area contributed by atoms with Crippen LogP contribution in [-0.2, 0) is 16.0 Å². The van der Waals surface area contributed by atoms with Crippen LogP contribution in [0.25, 0.3) is 21.8 Å². The number of hydrogen-bond donors (Lipinski definition) is 5. The number of nitrogens with one attached hydrogen (secondary N) is 3. The van der Waals surface area contributed by atoms with E-state index in [1.807, 2.05) is 36.4 Å². The van der Waals surface area contributed by atoms with Crippen molar-refractivity contribution in [2.45, 2.75) is 50.5 Å². The van der Waals surface area contributed by atoms with Gasteiger partial charge in [0.2, 0.25) is 5.91 Å². The van der Waals surface area contributed by atoms with Gasteiger partial charge in [0.25, 0.3) is 5.56 Å². The molecule has 210 valence electrons. The number of aromatic amines is 1. The number of nitrogens with zero attached hydrogens (tertiary/aromatic N) is 2. The van der Waals surface area contributed by atoms with Gasteiger partial charge < -0.3 is 25.6 Å². The summed E-state index contributed by atoms with van der Waals surface area (Å²) in [7, 11) is 0. The summed E-state index contributed by atoms with van der Waals surface area (Å²) < 4.78 is 6.65. The van der Waals surface area contributed by atoms with Crippen LogP contribution in [0.3, 0.4) is 0 Å². The molecule has 2 aromatic carbocycles. The van der Waals surface area contributed by atoms with Gasteiger partial charge in [-0.05, 0) is 31.4 Å². The first-order chi connectivity index (χ1) is 19.4. The Kier molecular flexibility index (Phi) is 8.54. The standard InChI is InChI=1S/C29H33N5O6/c35-17-24-23(36)15-26(40-24)34-16-18(28(38)33-29(34)39)14-25(37)30-12-6-1-7-13-31-27-19-8-2-4-10-21(19)32-22-11-5-3-9-20(22)27/h2-5,8-11,16,23-24,26,35-36H,1,6-7,12-15,17H2,(H,30,37)(H,31,32)(H,33,38,39)/t23-,24+,26+/m0/s1. The smallest absolute Gasteiger partial charge is 0.330 e. The number of unbranched alkanes of at least 4 members (excludes halogenated alkanes) is 2. The zero-order valence-corrected chi connectivity index (χ0v) is 22.0. The van der Waals surface area contributed by atoms with Crippen molar-refractivity contribution in [1.29, 1.82) is 0 Å². The van der Waals surface area contributed by atoms with Crippen molar-refractivity contribution in [2.24, 2.45) is 0 Å². The highest BCUT2D eigenvalue weighted by atomic mass is 16.5. The van der Waals surface area contributed by atoms with Crippen LogP contribution in [0.1, 0.15) is 37.5 Å². The van der Waals surface area contributed by atoms with E-state index in [9.17, 15) is 24.6 Å². The minimum absolute atomic E-state index is 0.0886. The van der Waals surface area contributed by atoms with Gasteiger partial charge >= 0.3 is 5.69 Å². The summed E-state index contributed by atoms with van der Waals surface area (Å²) in [6, 6.07) is 16.1. The molecule has 1 saturated heterocycles. The van der Waals surface area contributed by atoms with Crippen molar-refractivity contribution in [2.75, 3.05) is 25.0 Å². The molecule has 0 radical (unpaired) electrons. The number of H-pyrrole nitrogens is 1. The van der Waals surface area contributed by atoms with Crippen molar-refractivity contribution in [3.8, 4) is 0 Å². The number of aromatic nitrogens is 3. The van der Waals surface area contributed by atoms with Gasteiger partial charge in [-0.25, -0.2) is 9.78 Å². The molecule has 11 heteroatoms. The van der Waals surface area contributed by atoms with E-state index < -0.39 is 36.3 Å². The van der Waals surface area contributed by atoms with E-state index in [2.05, 4.69) is 27.8 Å². The molecule has 0 spiro atoms. The largest absolute Gasteiger partial charge is 0.394 e. The second kappa shape index (κ2) is 12.4. The first-order valence-corrected chi connectivity index (χ1v) is 13.5. The number of hydrogen-bond acceptors (Lipinski definition) is 8. The molecule has 0 aliphatic carbocycles. The molecule has 11 nitrogen and oxygen atoms in total. The maximum absolute atomic E-state index is 12.5.